The standard InChI is InChI=1S/C9H12N2O5/c10-9(8(15)16)1-3(11-2-12)4-5(6(4)9)7(13)14/h2-6H,1,10H2,(H,11,12)(H,13,14)(H,15,16)/t3-,4-,5+,6+,9+/m1/s1. The lowest BCUT2D eigenvalue weighted by Gasteiger charge is -2.24. The highest BCUT2D eigenvalue weighted by molar-refractivity contribution is 5.85. The third kappa shape index (κ3) is 1.21. The number of carboxylic acid groups (broad SMARTS) is 2. The van der Waals surface area contributed by atoms with Gasteiger partial charge in [0.1, 0.15) is 5.54 Å². The normalized spacial score (nSPS) is 44.6. The first-order valence-corrected chi connectivity index (χ1v) is 4.88. The van der Waals surface area contributed by atoms with Gasteiger partial charge in [0.25, 0.3) is 0 Å². The highest BCUT2D eigenvalue weighted by atomic mass is 16.4. The molecule has 2 fully saturated rings. The van der Waals surface area contributed by atoms with Crippen molar-refractivity contribution >= 4 is 18.3 Å². The van der Waals surface area contributed by atoms with Crippen LogP contribution < -0.4 is 11.1 Å². The molecule has 2 saturated carbocycles. The Labute approximate surface area is 90.6 Å². The fourth-order valence-electron chi connectivity index (χ4n) is 2.94. The number of aliphatic carboxylic acids is 2. The van der Waals surface area contributed by atoms with E-state index in [1.807, 2.05) is 0 Å². The Morgan fingerprint density at radius 2 is 2.06 bits per heavy atom. The molecule has 5 N–H and O–H groups in total. The van der Waals surface area contributed by atoms with Gasteiger partial charge in [0, 0.05) is 12.0 Å². The molecule has 5 atom stereocenters. The van der Waals surface area contributed by atoms with Gasteiger partial charge in [-0.15, -0.1) is 0 Å². The van der Waals surface area contributed by atoms with Crippen LogP contribution in [-0.2, 0) is 14.4 Å². The zero-order valence-corrected chi connectivity index (χ0v) is 8.29. The van der Waals surface area contributed by atoms with Crippen molar-refractivity contribution < 1.29 is 24.6 Å². The van der Waals surface area contributed by atoms with Gasteiger partial charge in [-0.2, -0.15) is 0 Å². The van der Waals surface area contributed by atoms with E-state index in [1.54, 1.807) is 0 Å². The maximum Gasteiger partial charge on any atom is 0.324 e. The number of nitrogens with two attached hydrogens (primary N) is 1. The minimum Gasteiger partial charge on any atom is -0.481 e. The Bertz CT molecular complexity index is 371. The van der Waals surface area contributed by atoms with Gasteiger partial charge in [-0.1, -0.05) is 0 Å². The van der Waals surface area contributed by atoms with Crippen molar-refractivity contribution in [2.45, 2.75) is 18.0 Å². The van der Waals surface area contributed by atoms with Crippen molar-refractivity contribution in [3.05, 3.63) is 0 Å². The highest BCUT2D eigenvalue weighted by Gasteiger charge is 2.73. The van der Waals surface area contributed by atoms with Crippen LogP contribution in [0.3, 0.4) is 0 Å². The molecule has 0 aliphatic heterocycles. The number of carbonyl (C=O) groups excluding carboxylic acids is 1. The van der Waals surface area contributed by atoms with E-state index in [9.17, 15) is 14.4 Å². The summed E-state index contributed by atoms with van der Waals surface area (Å²) in [5.74, 6) is -3.96. The smallest absolute Gasteiger partial charge is 0.324 e. The first-order chi connectivity index (χ1) is 7.43. The van der Waals surface area contributed by atoms with Crippen molar-refractivity contribution in [3.8, 4) is 0 Å². The van der Waals surface area contributed by atoms with Crippen LogP contribution in [0, 0.1) is 17.8 Å². The van der Waals surface area contributed by atoms with Gasteiger partial charge in [0.2, 0.25) is 6.41 Å². The van der Waals surface area contributed by atoms with E-state index in [1.165, 1.54) is 0 Å². The second-order valence-corrected chi connectivity index (χ2v) is 4.41. The molecule has 0 aromatic carbocycles. The lowest BCUT2D eigenvalue weighted by molar-refractivity contribution is -0.145. The van der Waals surface area contributed by atoms with Gasteiger partial charge in [-0.05, 0) is 12.3 Å². The predicted octanol–water partition coefficient (Wildman–Crippen LogP) is -1.77. The molecule has 2 rings (SSSR count). The van der Waals surface area contributed by atoms with E-state index in [2.05, 4.69) is 5.32 Å². The van der Waals surface area contributed by atoms with Gasteiger partial charge in [0.05, 0.1) is 5.92 Å². The van der Waals surface area contributed by atoms with E-state index in [0.717, 1.165) is 0 Å². The minimum absolute atomic E-state index is 0.0835. The summed E-state index contributed by atoms with van der Waals surface area (Å²) in [6, 6.07) is -0.454. The zero-order chi connectivity index (χ0) is 12.1. The zero-order valence-electron chi connectivity index (χ0n) is 8.29. The molecule has 0 aromatic rings. The average Bonchev–Trinajstić information content (AvgIpc) is 2.85. The molecule has 16 heavy (non-hydrogen) atoms. The molecule has 0 heterocycles. The summed E-state index contributed by atoms with van der Waals surface area (Å²) in [4.78, 5) is 32.3. The van der Waals surface area contributed by atoms with E-state index in [-0.39, 0.29) is 12.3 Å². The number of hydrogen-bond donors (Lipinski definition) is 4. The van der Waals surface area contributed by atoms with Gasteiger partial charge in [-0.3, -0.25) is 14.4 Å². The molecule has 88 valence electrons. The number of carbonyl (C=O) groups is 3. The Kier molecular flexibility index (Phi) is 2.16. The van der Waals surface area contributed by atoms with E-state index >= 15 is 0 Å². The van der Waals surface area contributed by atoms with Crippen LogP contribution in [0.2, 0.25) is 0 Å². The summed E-state index contributed by atoms with van der Waals surface area (Å²) in [7, 11) is 0. The molecule has 0 unspecified atom stereocenters. The third-order valence-electron chi connectivity index (χ3n) is 3.66. The lowest BCUT2D eigenvalue weighted by atomic mass is 9.90. The molecule has 0 saturated heterocycles. The van der Waals surface area contributed by atoms with E-state index in [4.69, 9.17) is 15.9 Å². The molecule has 7 heteroatoms. The van der Waals surface area contributed by atoms with Crippen LogP contribution in [0.25, 0.3) is 0 Å². The fraction of sp³-hybridized carbons (Fsp3) is 0.667. The molecule has 2 aliphatic rings. The summed E-state index contributed by atoms with van der Waals surface area (Å²) < 4.78 is 0. The first-order valence-electron chi connectivity index (χ1n) is 4.88. The van der Waals surface area contributed by atoms with Crippen LogP contribution >= 0.6 is 0 Å². The molecule has 7 nitrogen and oxygen atoms in total. The number of nitrogens with one attached hydrogen (secondary N) is 1. The molecular formula is C9H12N2O5. The maximum absolute atomic E-state index is 11.0. The molecule has 1 amide bonds. The predicted molar refractivity (Wildman–Crippen MR) is 50.3 cm³/mol. The number of rotatable bonds is 4. The number of hydrogen-bond acceptors (Lipinski definition) is 4. The summed E-state index contributed by atoms with van der Waals surface area (Å²) in [5, 5.41) is 20.4. The Balaban J connectivity index is 2.24. The molecule has 0 radical (unpaired) electrons. The van der Waals surface area contributed by atoms with Crippen molar-refractivity contribution in [2.75, 3.05) is 0 Å². The van der Waals surface area contributed by atoms with Crippen molar-refractivity contribution in [2.24, 2.45) is 23.5 Å². The highest BCUT2D eigenvalue weighted by Crippen LogP contribution is 2.61. The van der Waals surface area contributed by atoms with Crippen molar-refractivity contribution in [1.82, 2.24) is 5.32 Å². The monoisotopic (exact) mass is 228 g/mol. The summed E-state index contributed by atoms with van der Waals surface area (Å²) in [5.41, 5.74) is 4.18. The fourth-order valence-corrected chi connectivity index (χ4v) is 2.94. The number of fused-ring (bicyclic) bond motifs is 1. The van der Waals surface area contributed by atoms with Gasteiger partial charge in [-0.25, -0.2) is 0 Å². The number of amides is 1. The van der Waals surface area contributed by atoms with E-state index < -0.39 is 35.4 Å². The van der Waals surface area contributed by atoms with Gasteiger partial charge in [0.15, 0.2) is 0 Å². The average molecular weight is 228 g/mol. The topological polar surface area (TPSA) is 130 Å². The second kappa shape index (κ2) is 3.18. The molecule has 0 spiro atoms. The molecule has 0 aromatic heterocycles. The summed E-state index contributed by atoms with van der Waals surface area (Å²) in [6.07, 6.45) is 0.534. The molecular weight excluding hydrogens is 216 g/mol. The third-order valence-corrected chi connectivity index (χ3v) is 3.66. The first kappa shape index (κ1) is 10.9. The van der Waals surface area contributed by atoms with Crippen LogP contribution in [0.5, 0.6) is 0 Å². The Morgan fingerprint density at radius 3 is 2.50 bits per heavy atom. The van der Waals surface area contributed by atoms with Gasteiger partial charge >= 0.3 is 11.9 Å². The van der Waals surface area contributed by atoms with Crippen LogP contribution in [-0.4, -0.2) is 40.1 Å². The van der Waals surface area contributed by atoms with Crippen molar-refractivity contribution in [1.29, 1.82) is 0 Å². The Hall–Kier alpha value is -1.63. The lowest BCUT2D eigenvalue weighted by Crippen LogP contribution is -2.51. The largest absolute Gasteiger partial charge is 0.481 e. The van der Waals surface area contributed by atoms with Crippen LogP contribution in [0.15, 0.2) is 0 Å². The van der Waals surface area contributed by atoms with E-state index in [0.29, 0.717) is 6.41 Å². The van der Waals surface area contributed by atoms with Gasteiger partial charge < -0.3 is 21.3 Å². The number of carboxylic acids is 2. The SMILES string of the molecule is N[C@@]1(C(=O)O)C[C@@H](NC=O)[C@@H]2[C@H](C(=O)O)[C@H]21. The molecule has 0 bridgehead atoms. The van der Waals surface area contributed by atoms with Crippen molar-refractivity contribution in [3.63, 3.8) is 0 Å². The maximum atomic E-state index is 11.0. The minimum atomic E-state index is -1.53. The Morgan fingerprint density at radius 1 is 1.44 bits per heavy atom. The summed E-state index contributed by atoms with van der Waals surface area (Å²) in [6.45, 7) is 0. The molecule has 2 aliphatic carbocycles. The van der Waals surface area contributed by atoms with Crippen LogP contribution in [0.4, 0.5) is 0 Å². The second-order valence-electron chi connectivity index (χ2n) is 4.41. The quantitative estimate of drug-likeness (QED) is 0.421. The summed E-state index contributed by atoms with van der Waals surface area (Å²) >= 11 is 0. The van der Waals surface area contributed by atoms with Crippen LogP contribution in [0.1, 0.15) is 6.42 Å².